The van der Waals surface area contributed by atoms with Crippen LogP contribution in [-0.4, -0.2) is 39.0 Å². The van der Waals surface area contributed by atoms with Crippen LogP contribution in [0.15, 0.2) is 36.5 Å². The Morgan fingerprint density at radius 3 is 2.75 bits per heavy atom. The van der Waals surface area contributed by atoms with E-state index in [1.807, 2.05) is 0 Å². The Hall–Kier alpha value is -2.81. The number of fused-ring (bicyclic) bond motifs is 2. The minimum absolute atomic E-state index is 0.136. The monoisotopic (exact) mass is 394 g/mol. The molecule has 6 nitrogen and oxygen atoms in total. The number of aromatic nitrogens is 1. The van der Waals surface area contributed by atoms with E-state index in [-0.39, 0.29) is 23.8 Å². The SMILES string of the molecule is CC1(C)Oc2ccc(OC(F)(F)F)cc2[C@H](N2Cc3ncccc3C2=O)[C@H]1O. The molecule has 28 heavy (non-hydrogen) atoms. The molecule has 1 N–H and O–H groups in total. The Morgan fingerprint density at radius 1 is 1.32 bits per heavy atom. The lowest BCUT2D eigenvalue weighted by molar-refractivity contribution is -0.274. The van der Waals surface area contributed by atoms with Crippen LogP contribution in [0.5, 0.6) is 11.5 Å². The number of carbonyl (C=O) groups is 1. The summed E-state index contributed by atoms with van der Waals surface area (Å²) in [7, 11) is 0. The molecular weight excluding hydrogens is 377 g/mol. The molecule has 2 atom stereocenters. The summed E-state index contributed by atoms with van der Waals surface area (Å²) in [6.45, 7) is 3.44. The number of nitrogens with zero attached hydrogens (tertiary/aromatic N) is 2. The summed E-state index contributed by atoms with van der Waals surface area (Å²) in [4.78, 5) is 18.5. The highest BCUT2D eigenvalue weighted by Gasteiger charge is 2.49. The second kappa shape index (κ2) is 6.10. The molecule has 0 bridgehead atoms. The van der Waals surface area contributed by atoms with E-state index in [4.69, 9.17) is 4.74 Å². The first-order valence-corrected chi connectivity index (χ1v) is 8.58. The minimum Gasteiger partial charge on any atom is -0.485 e. The van der Waals surface area contributed by atoms with E-state index < -0.39 is 29.9 Å². The third kappa shape index (κ3) is 3.05. The van der Waals surface area contributed by atoms with Gasteiger partial charge in [0.1, 0.15) is 23.2 Å². The molecule has 0 spiro atoms. The summed E-state index contributed by atoms with van der Waals surface area (Å²) in [5.41, 5.74) is 0.137. The summed E-state index contributed by atoms with van der Waals surface area (Å²) < 4.78 is 47.7. The molecule has 2 aliphatic rings. The van der Waals surface area contributed by atoms with Crippen molar-refractivity contribution in [3.05, 3.63) is 53.3 Å². The minimum atomic E-state index is -4.86. The Labute approximate surface area is 158 Å². The highest BCUT2D eigenvalue weighted by atomic mass is 19.4. The molecule has 1 aromatic carbocycles. The van der Waals surface area contributed by atoms with Crippen molar-refractivity contribution in [2.45, 2.75) is 44.5 Å². The van der Waals surface area contributed by atoms with Crippen LogP contribution in [0.4, 0.5) is 13.2 Å². The van der Waals surface area contributed by atoms with E-state index in [0.29, 0.717) is 11.3 Å². The number of halogens is 3. The lowest BCUT2D eigenvalue weighted by atomic mass is 9.85. The summed E-state index contributed by atoms with van der Waals surface area (Å²) in [6.07, 6.45) is -4.48. The van der Waals surface area contributed by atoms with Gasteiger partial charge in [-0.2, -0.15) is 0 Å². The number of hydrogen-bond donors (Lipinski definition) is 1. The second-order valence-electron chi connectivity index (χ2n) is 7.27. The lowest BCUT2D eigenvalue weighted by Gasteiger charge is -2.45. The standard InChI is InChI=1S/C19H17F3N2O4/c1-18(2)16(25)15(24-9-13-11(17(24)26)4-3-7-23-13)12-8-10(27-19(20,21)22)5-6-14(12)28-18/h3-8,15-16,25H,9H2,1-2H3/t15-,16+/m0/s1. The predicted octanol–water partition coefficient (Wildman–Crippen LogP) is 3.21. The van der Waals surface area contributed by atoms with Crippen molar-refractivity contribution in [2.75, 3.05) is 0 Å². The number of aliphatic hydroxyl groups is 1. The molecule has 9 heteroatoms. The number of hydrogen-bond acceptors (Lipinski definition) is 5. The molecule has 4 rings (SSSR count). The van der Waals surface area contributed by atoms with Gasteiger partial charge in [0.05, 0.1) is 23.8 Å². The third-order valence-corrected chi connectivity index (χ3v) is 4.96. The van der Waals surface area contributed by atoms with E-state index in [1.165, 1.54) is 11.0 Å². The zero-order valence-corrected chi connectivity index (χ0v) is 15.0. The number of rotatable bonds is 2. The van der Waals surface area contributed by atoms with Crippen LogP contribution < -0.4 is 9.47 Å². The Kier molecular flexibility index (Phi) is 4.04. The van der Waals surface area contributed by atoms with Gasteiger partial charge >= 0.3 is 6.36 Å². The number of carbonyl (C=O) groups excluding carboxylic acids is 1. The zero-order valence-electron chi connectivity index (χ0n) is 15.0. The molecule has 0 aliphatic carbocycles. The first-order chi connectivity index (χ1) is 13.1. The maximum atomic E-state index is 12.9. The Morgan fingerprint density at radius 2 is 2.07 bits per heavy atom. The molecule has 0 radical (unpaired) electrons. The summed E-state index contributed by atoms with van der Waals surface area (Å²) >= 11 is 0. The first kappa shape index (κ1) is 18.5. The number of alkyl halides is 3. The average molecular weight is 394 g/mol. The molecule has 1 amide bonds. The normalized spacial score (nSPS) is 23.1. The maximum Gasteiger partial charge on any atom is 0.573 e. The van der Waals surface area contributed by atoms with Gasteiger partial charge in [0.2, 0.25) is 0 Å². The molecule has 1 aromatic heterocycles. The average Bonchev–Trinajstić information content (AvgIpc) is 2.92. The van der Waals surface area contributed by atoms with Gasteiger partial charge in [-0.25, -0.2) is 0 Å². The lowest BCUT2D eigenvalue weighted by Crippen LogP contribution is -2.53. The topological polar surface area (TPSA) is 71.9 Å². The smallest absolute Gasteiger partial charge is 0.485 e. The molecule has 0 unspecified atom stereocenters. The number of aliphatic hydroxyl groups excluding tert-OH is 1. The largest absolute Gasteiger partial charge is 0.573 e. The summed E-state index contributed by atoms with van der Waals surface area (Å²) in [5, 5.41) is 10.9. The summed E-state index contributed by atoms with van der Waals surface area (Å²) in [5.74, 6) is -0.515. The van der Waals surface area contributed by atoms with Crippen LogP contribution in [0.2, 0.25) is 0 Å². The van der Waals surface area contributed by atoms with Crippen molar-refractivity contribution in [3.8, 4) is 11.5 Å². The van der Waals surface area contributed by atoms with Gasteiger partial charge in [0, 0.05) is 11.8 Å². The van der Waals surface area contributed by atoms with Crippen LogP contribution in [0.3, 0.4) is 0 Å². The van der Waals surface area contributed by atoms with Gasteiger partial charge in [-0.05, 0) is 44.2 Å². The van der Waals surface area contributed by atoms with Crippen molar-refractivity contribution < 1.29 is 32.5 Å². The predicted molar refractivity (Wildman–Crippen MR) is 90.7 cm³/mol. The van der Waals surface area contributed by atoms with Crippen molar-refractivity contribution >= 4 is 5.91 Å². The highest BCUT2D eigenvalue weighted by molar-refractivity contribution is 5.98. The van der Waals surface area contributed by atoms with Gasteiger partial charge in [-0.3, -0.25) is 9.78 Å². The van der Waals surface area contributed by atoms with Crippen LogP contribution in [0.25, 0.3) is 0 Å². The highest BCUT2D eigenvalue weighted by Crippen LogP contribution is 2.46. The maximum absolute atomic E-state index is 12.9. The van der Waals surface area contributed by atoms with Crippen LogP contribution in [-0.2, 0) is 6.54 Å². The van der Waals surface area contributed by atoms with E-state index in [2.05, 4.69) is 9.72 Å². The third-order valence-electron chi connectivity index (χ3n) is 4.96. The van der Waals surface area contributed by atoms with E-state index in [1.54, 1.807) is 32.2 Å². The fourth-order valence-electron chi connectivity index (χ4n) is 3.65. The first-order valence-electron chi connectivity index (χ1n) is 8.58. The second-order valence-corrected chi connectivity index (χ2v) is 7.27. The number of amides is 1. The van der Waals surface area contributed by atoms with Gasteiger partial charge in [-0.1, -0.05) is 0 Å². The van der Waals surface area contributed by atoms with E-state index in [0.717, 1.165) is 12.1 Å². The Bertz CT molecular complexity index is 945. The van der Waals surface area contributed by atoms with Crippen molar-refractivity contribution in [3.63, 3.8) is 0 Å². The van der Waals surface area contributed by atoms with Gasteiger partial charge < -0.3 is 19.5 Å². The van der Waals surface area contributed by atoms with Crippen LogP contribution >= 0.6 is 0 Å². The number of ether oxygens (including phenoxy) is 2. The molecule has 0 saturated carbocycles. The molecule has 3 heterocycles. The van der Waals surface area contributed by atoms with Crippen LogP contribution in [0.1, 0.15) is 41.5 Å². The van der Waals surface area contributed by atoms with Crippen molar-refractivity contribution in [1.29, 1.82) is 0 Å². The summed E-state index contributed by atoms with van der Waals surface area (Å²) in [6, 6.07) is 5.98. The molecular formula is C19H17F3N2O4. The fourth-order valence-corrected chi connectivity index (χ4v) is 3.65. The van der Waals surface area contributed by atoms with E-state index >= 15 is 0 Å². The number of benzene rings is 1. The zero-order chi connectivity index (χ0) is 20.3. The number of pyridine rings is 1. The molecule has 0 fully saturated rings. The molecule has 148 valence electrons. The van der Waals surface area contributed by atoms with Crippen LogP contribution in [0, 0.1) is 0 Å². The van der Waals surface area contributed by atoms with Crippen molar-refractivity contribution in [1.82, 2.24) is 9.88 Å². The van der Waals surface area contributed by atoms with Gasteiger partial charge in [0.15, 0.2) is 0 Å². The van der Waals surface area contributed by atoms with Gasteiger partial charge in [-0.15, -0.1) is 13.2 Å². The molecule has 2 aliphatic heterocycles. The van der Waals surface area contributed by atoms with Gasteiger partial charge in [0.25, 0.3) is 5.91 Å². The molecule has 0 saturated heterocycles. The quantitative estimate of drug-likeness (QED) is 0.847. The Balaban J connectivity index is 1.79. The molecule has 2 aromatic rings. The van der Waals surface area contributed by atoms with Crippen molar-refractivity contribution in [2.24, 2.45) is 0 Å². The van der Waals surface area contributed by atoms with E-state index in [9.17, 15) is 23.1 Å². The fraction of sp³-hybridized carbons (Fsp3) is 0.368.